The summed E-state index contributed by atoms with van der Waals surface area (Å²) in [6.07, 6.45) is 8.95. The Bertz CT molecular complexity index is 727. The molecule has 0 unspecified atom stereocenters. The second-order valence-electron chi connectivity index (χ2n) is 8.94. The molecular formula is C27H44Cl2O3Sn. The van der Waals surface area contributed by atoms with E-state index in [4.69, 9.17) is 32.7 Å². The average molecular weight is 606 g/mol. The minimum absolute atomic E-state index is 0.116. The number of allylic oxidation sites excluding steroid dienone is 1. The Kier molecular flexibility index (Phi) is 15.9. The molecule has 0 radical (unpaired) electrons. The van der Waals surface area contributed by atoms with Gasteiger partial charge in [0.2, 0.25) is 0 Å². The summed E-state index contributed by atoms with van der Waals surface area (Å²) in [6, 6.07) is 5.30. The third kappa shape index (κ3) is 10.4. The van der Waals surface area contributed by atoms with Gasteiger partial charge in [-0.1, -0.05) is 0 Å². The van der Waals surface area contributed by atoms with Gasteiger partial charge in [0, 0.05) is 0 Å². The molecule has 188 valence electrons. The van der Waals surface area contributed by atoms with Gasteiger partial charge < -0.3 is 0 Å². The molecule has 0 aliphatic heterocycles. The molecule has 0 saturated carbocycles. The molecule has 0 N–H and O–H groups in total. The Balaban J connectivity index is 3.12. The van der Waals surface area contributed by atoms with Gasteiger partial charge in [-0.25, -0.2) is 0 Å². The molecule has 0 aliphatic carbocycles. The number of esters is 1. The van der Waals surface area contributed by atoms with Crippen LogP contribution in [0, 0.1) is 0 Å². The molecule has 0 fully saturated rings. The van der Waals surface area contributed by atoms with Crippen molar-refractivity contribution < 1.29 is 14.3 Å². The van der Waals surface area contributed by atoms with Crippen LogP contribution >= 0.6 is 23.2 Å². The Morgan fingerprint density at radius 3 is 1.94 bits per heavy atom. The van der Waals surface area contributed by atoms with Crippen LogP contribution in [0.4, 0.5) is 0 Å². The van der Waals surface area contributed by atoms with Crippen LogP contribution in [0.25, 0.3) is 0 Å². The molecule has 0 saturated heterocycles. The zero-order valence-corrected chi connectivity index (χ0v) is 25.8. The molecule has 0 aromatic heterocycles. The predicted molar refractivity (Wildman–Crippen MR) is 145 cm³/mol. The van der Waals surface area contributed by atoms with E-state index in [2.05, 4.69) is 27.7 Å². The van der Waals surface area contributed by atoms with Crippen molar-refractivity contribution in [3.05, 3.63) is 37.4 Å². The number of hydrogen-bond acceptors (Lipinski definition) is 3. The number of benzene rings is 1. The first-order valence-corrected chi connectivity index (χ1v) is 21.0. The maximum atomic E-state index is 13.1. The van der Waals surface area contributed by atoms with Gasteiger partial charge in [0.15, 0.2) is 0 Å². The Morgan fingerprint density at radius 2 is 1.45 bits per heavy atom. The second kappa shape index (κ2) is 17.1. The normalized spacial score (nSPS) is 12.5. The minimum atomic E-state index is -2.68. The monoisotopic (exact) mass is 606 g/mol. The molecule has 0 spiro atoms. The summed E-state index contributed by atoms with van der Waals surface area (Å²) in [5.74, 6) is 0.584. The number of halogens is 2. The first-order valence-electron chi connectivity index (χ1n) is 12.8. The molecule has 0 atom stereocenters. The number of rotatable bonds is 17. The zero-order valence-electron chi connectivity index (χ0n) is 21.4. The van der Waals surface area contributed by atoms with Crippen molar-refractivity contribution in [2.24, 2.45) is 0 Å². The van der Waals surface area contributed by atoms with E-state index in [0.717, 1.165) is 12.0 Å². The van der Waals surface area contributed by atoms with E-state index in [1.165, 1.54) is 55.4 Å². The number of carbonyl (C=O) groups is 1. The first kappa shape index (κ1) is 30.6. The quantitative estimate of drug-likeness (QED) is 0.0768. The van der Waals surface area contributed by atoms with Gasteiger partial charge in [0.25, 0.3) is 0 Å². The van der Waals surface area contributed by atoms with Gasteiger partial charge in [-0.3, -0.25) is 0 Å². The van der Waals surface area contributed by atoms with Crippen molar-refractivity contribution >= 4 is 47.5 Å². The fourth-order valence-electron chi connectivity index (χ4n) is 4.47. The average Bonchev–Trinajstić information content (AvgIpc) is 2.81. The van der Waals surface area contributed by atoms with Crippen LogP contribution in [0.1, 0.15) is 86.0 Å². The summed E-state index contributed by atoms with van der Waals surface area (Å²) in [4.78, 5) is 13.1. The van der Waals surface area contributed by atoms with Gasteiger partial charge in [-0.2, -0.15) is 0 Å². The van der Waals surface area contributed by atoms with Crippen molar-refractivity contribution in [2.45, 2.75) is 99.3 Å². The van der Waals surface area contributed by atoms with Gasteiger partial charge >= 0.3 is 217 Å². The number of carbonyl (C=O) groups excluding carboxylic acids is 1. The summed E-state index contributed by atoms with van der Waals surface area (Å²) in [5, 5.41) is 1.00. The summed E-state index contributed by atoms with van der Waals surface area (Å²) in [6.45, 7) is 11.9. The Morgan fingerprint density at radius 1 is 0.879 bits per heavy atom. The van der Waals surface area contributed by atoms with Gasteiger partial charge in [-0.15, -0.1) is 0 Å². The van der Waals surface area contributed by atoms with Crippen LogP contribution in [-0.2, 0) is 9.53 Å². The topological polar surface area (TPSA) is 35.5 Å². The van der Waals surface area contributed by atoms with Crippen LogP contribution in [0.5, 0.6) is 5.75 Å². The van der Waals surface area contributed by atoms with E-state index in [9.17, 15) is 4.79 Å². The first-order chi connectivity index (χ1) is 15.8. The Hall–Kier alpha value is -0.391. The van der Waals surface area contributed by atoms with E-state index < -0.39 is 18.4 Å². The summed E-state index contributed by atoms with van der Waals surface area (Å²) in [7, 11) is 0. The van der Waals surface area contributed by atoms with Crippen molar-refractivity contribution in [3.8, 4) is 5.75 Å². The van der Waals surface area contributed by atoms with Crippen LogP contribution < -0.4 is 4.74 Å². The summed E-state index contributed by atoms with van der Waals surface area (Å²) >= 11 is 9.41. The molecule has 33 heavy (non-hydrogen) atoms. The van der Waals surface area contributed by atoms with Gasteiger partial charge in [0.1, 0.15) is 0 Å². The van der Waals surface area contributed by atoms with E-state index in [-0.39, 0.29) is 5.97 Å². The number of hydrogen-bond donors (Lipinski definition) is 0. The third-order valence-electron chi connectivity index (χ3n) is 6.53. The zero-order chi connectivity index (χ0) is 24.7. The fraction of sp³-hybridized carbons (Fsp3) is 0.667. The van der Waals surface area contributed by atoms with Crippen molar-refractivity contribution in [1.82, 2.24) is 0 Å². The van der Waals surface area contributed by atoms with E-state index in [1.807, 2.05) is 13.0 Å². The maximum absolute atomic E-state index is 13.1. The van der Waals surface area contributed by atoms with E-state index >= 15 is 0 Å². The van der Waals surface area contributed by atoms with Crippen LogP contribution in [0.3, 0.4) is 0 Å². The van der Waals surface area contributed by atoms with Crippen LogP contribution in [0.2, 0.25) is 23.4 Å². The molecule has 0 heterocycles. The third-order valence-corrected chi connectivity index (χ3v) is 23.9. The molecule has 6 heteroatoms. The van der Waals surface area contributed by atoms with Gasteiger partial charge in [-0.05, 0) is 0 Å². The number of unbranched alkanes of at least 4 members (excludes halogenated alkanes) is 3. The molecule has 0 bridgehead atoms. The predicted octanol–water partition coefficient (Wildman–Crippen LogP) is 9.42. The van der Waals surface area contributed by atoms with Crippen molar-refractivity contribution in [3.63, 3.8) is 0 Å². The van der Waals surface area contributed by atoms with Crippen LogP contribution in [0.15, 0.2) is 27.4 Å². The standard InChI is InChI=1S/C15H17Cl2O3.3C4H9.Sn/c1-3-11(15(18)19-4-2)6-5-9-20-12-7-8-13(16)14(17)10-12;3*1-3-4-2;/h7-8,10H,4-6,9H2,1-2H3;3*1,3-4H2,2H3;. The van der Waals surface area contributed by atoms with Crippen LogP contribution in [-0.4, -0.2) is 37.6 Å². The Labute approximate surface area is 216 Å². The van der Waals surface area contributed by atoms with Crippen molar-refractivity contribution in [2.75, 3.05) is 13.2 Å². The molecule has 1 aromatic carbocycles. The molecule has 1 rings (SSSR count). The number of ether oxygens (including phenoxy) is 2. The van der Waals surface area contributed by atoms with E-state index in [0.29, 0.717) is 35.4 Å². The summed E-state index contributed by atoms with van der Waals surface area (Å²) in [5.41, 5.74) is 0.939. The van der Waals surface area contributed by atoms with Crippen molar-refractivity contribution in [1.29, 1.82) is 0 Å². The SMILES string of the molecule is CCC[CH2][Sn]([CH2]CCC)([CH2]CCC)/[C](C)=C(/CCCOc1ccc(Cl)c(Cl)c1)C(=O)OCC. The molecule has 3 nitrogen and oxygen atoms in total. The molecule has 0 amide bonds. The fourth-order valence-corrected chi connectivity index (χ4v) is 21.4. The molecule has 0 aliphatic rings. The second-order valence-corrected chi connectivity index (χ2v) is 23.5. The molecule has 1 aromatic rings. The summed E-state index contributed by atoms with van der Waals surface area (Å²) < 4.78 is 16.9. The van der Waals surface area contributed by atoms with E-state index in [1.54, 1.807) is 12.1 Å². The molecular weight excluding hydrogens is 562 g/mol. The van der Waals surface area contributed by atoms with Gasteiger partial charge in [0.05, 0.1) is 0 Å².